The summed E-state index contributed by atoms with van der Waals surface area (Å²) in [6, 6.07) is 7.81. The molecule has 0 radical (unpaired) electrons. The Kier molecular flexibility index (Phi) is 6.50. The smallest absolute Gasteiger partial charge is 0.358 e. The van der Waals surface area contributed by atoms with E-state index in [0.717, 1.165) is 21.0 Å². The van der Waals surface area contributed by atoms with Crippen LogP contribution in [0.2, 0.25) is 0 Å². The molecule has 0 aliphatic rings. The van der Waals surface area contributed by atoms with Gasteiger partial charge in [0.1, 0.15) is 0 Å². The van der Waals surface area contributed by atoms with Crippen molar-refractivity contribution in [3.05, 3.63) is 46.0 Å². The van der Waals surface area contributed by atoms with Crippen molar-refractivity contribution in [2.45, 2.75) is 37.2 Å². The van der Waals surface area contributed by atoms with E-state index in [9.17, 15) is 4.79 Å². The molecule has 0 fully saturated rings. The topological polar surface area (TPSA) is 95.9 Å². The Labute approximate surface area is 201 Å². The van der Waals surface area contributed by atoms with Crippen LogP contribution in [0.3, 0.4) is 0 Å². The third kappa shape index (κ3) is 4.37. The van der Waals surface area contributed by atoms with Crippen LogP contribution in [0.4, 0.5) is 0 Å². The van der Waals surface area contributed by atoms with Crippen LogP contribution in [-0.2, 0) is 4.74 Å². The first-order chi connectivity index (χ1) is 15.3. The maximum absolute atomic E-state index is 12.4. The fraction of sp³-hybridized carbons (Fsp3) is 0.286. The lowest BCUT2D eigenvalue weighted by molar-refractivity contribution is 0.0589. The van der Waals surface area contributed by atoms with Gasteiger partial charge in [0.05, 0.1) is 27.2 Å². The van der Waals surface area contributed by atoms with Crippen LogP contribution in [0.15, 0.2) is 37.4 Å². The minimum Gasteiger partial charge on any atom is -0.464 e. The van der Waals surface area contributed by atoms with E-state index in [1.165, 1.54) is 18.4 Å². The molecule has 0 aliphatic heterocycles. The van der Waals surface area contributed by atoms with Crippen molar-refractivity contribution in [2.24, 2.45) is 0 Å². The van der Waals surface area contributed by atoms with Crippen molar-refractivity contribution in [1.29, 1.82) is 0 Å². The van der Waals surface area contributed by atoms with Crippen LogP contribution in [0.1, 0.15) is 35.9 Å². The Balaban J connectivity index is 1.79. The zero-order valence-corrected chi connectivity index (χ0v) is 21.3. The summed E-state index contributed by atoms with van der Waals surface area (Å²) < 4.78 is 13.6. The van der Waals surface area contributed by atoms with E-state index in [4.69, 9.17) is 14.1 Å². The molecular formula is C21H20BrN5O3S2. The number of thiazole rings is 1. The number of ether oxygens (including phenoxy) is 1. The molecule has 0 amide bonds. The molecule has 4 rings (SSSR count). The van der Waals surface area contributed by atoms with Gasteiger partial charge >= 0.3 is 5.97 Å². The standard InChI is InChI=1S/C21H20BrN5O3S2/c1-10(2)31-20-16(13-6-8-14(9-7-13)18-25-24-12(4)30-18)23-21(32-20)27-17(19(28)29-5)15(22)11(3)26-27/h6-10H,1-5H3. The Morgan fingerprint density at radius 1 is 1.19 bits per heavy atom. The Morgan fingerprint density at radius 3 is 2.47 bits per heavy atom. The van der Waals surface area contributed by atoms with E-state index in [1.54, 1.807) is 23.4 Å². The summed E-state index contributed by atoms with van der Waals surface area (Å²) in [6.45, 7) is 7.84. The van der Waals surface area contributed by atoms with Gasteiger partial charge in [0.2, 0.25) is 16.9 Å². The second kappa shape index (κ2) is 9.16. The number of halogens is 1. The molecule has 4 aromatic rings. The van der Waals surface area contributed by atoms with Crippen LogP contribution < -0.4 is 0 Å². The molecule has 3 heterocycles. The van der Waals surface area contributed by atoms with Gasteiger partial charge in [-0.1, -0.05) is 37.3 Å². The summed E-state index contributed by atoms with van der Waals surface area (Å²) in [4.78, 5) is 17.3. The van der Waals surface area contributed by atoms with Crippen molar-refractivity contribution in [3.63, 3.8) is 0 Å². The highest BCUT2D eigenvalue weighted by Crippen LogP contribution is 2.40. The predicted octanol–water partition coefficient (Wildman–Crippen LogP) is 5.71. The van der Waals surface area contributed by atoms with E-state index in [-0.39, 0.29) is 0 Å². The summed E-state index contributed by atoms with van der Waals surface area (Å²) in [5, 5.41) is 13.4. The lowest BCUT2D eigenvalue weighted by Gasteiger charge is -2.05. The van der Waals surface area contributed by atoms with E-state index in [2.05, 4.69) is 45.1 Å². The average Bonchev–Trinajstić information content (AvgIpc) is 3.45. The maximum Gasteiger partial charge on any atom is 0.358 e. The van der Waals surface area contributed by atoms with Gasteiger partial charge in [0.15, 0.2) is 5.69 Å². The largest absolute Gasteiger partial charge is 0.464 e. The summed E-state index contributed by atoms with van der Waals surface area (Å²) in [7, 11) is 1.35. The van der Waals surface area contributed by atoms with Crippen LogP contribution in [0.5, 0.6) is 0 Å². The molecule has 0 unspecified atom stereocenters. The number of carbonyl (C=O) groups is 1. The zero-order chi connectivity index (χ0) is 23.0. The van der Waals surface area contributed by atoms with Gasteiger partial charge in [-0.25, -0.2) is 9.78 Å². The number of thioether (sulfide) groups is 1. The molecule has 0 aliphatic carbocycles. The first-order valence-electron chi connectivity index (χ1n) is 9.70. The highest BCUT2D eigenvalue weighted by Gasteiger charge is 2.25. The van der Waals surface area contributed by atoms with Crippen molar-refractivity contribution in [1.82, 2.24) is 25.0 Å². The quantitative estimate of drug-likeness (QED) is 0.229. The molecule has 0 saturated carbocycles. The molecule has 0 N–H and O–H groups in total. The van der Waals surface area contributed by atoms with Gasteiger partial charge in [-0.2, -0.15) is 9.78 Å². The Bertz CT molecular complexity index is 1280. The molecule has 0 spiro atoms. The second-order valence-electron chi connectivity index (χ2n) is 7.15. The van der Waals surface area contributed by atoms with Crippen LogP contribution in [0, 0.1) is 13.8 Å². The average molecular weight is 534 g/mol. The normalized spacial score (nSPS) is 11.3. The lowest BCUT2D eigenvalue weighted by atomic mass is 10.1. The van der Waals surface area contributed by atoms with Gasteiger partial charge in [-0.05, 0) is 35.0 Å². The van der Waals surface area contributed by atoms with E-state index in [0.29, 0.717) is 38.0 Å². The molecule has 1 aromatic carbocycles. The van der Waals surface area contributed by atoms with E-state index in [1.807, 2.05) is 31.2 Å². The van der Waals surface area contributed by atoms with Gasteiger partial charge < -0.3 is 9.15 Å². The molecular weight excluding hydrogens is 514 g/mol. The highest BCUT2D eigenvalue weighted by molar-refractivity contribution is 9.10. The second-order valence-corrected chi connectivity index (χ2v) is 10.8. The summed E-state index contributed by atoms with van der Waals surface area (Å²) in [5.41, 5.74) is 3.60. The Morgan fingerprint density at radius 2 is 1.88 bits per heavy atom. The zero-order valence-electron chi connectivity index (χ0n) is 18.0. The third-order valence-electron chi connectivity index (χ3n) is 4.41. The van der Waals surface area contributed by atoms with Gasteiger partial charge in [-0.3, -0.25) is 0 Å². The monoisotopic (exact) mass is 533 g/mol. The van der Waals surface area contributed by atoms with Crippen molar-refractivity contribution >= 4 is 45.0 Å². The predicted molar refractivity (Wildman–Crippen MR) is 127 cm³/mol. The minimum absolute atomic E-state index is 0.313. The molecule has 0 saturated heterocycles. The van der Waals surface area contributed by atoms with Gasteiger partial charge in [0, 0.05) is 23.3 Å². The molecule has 8 nitrogen and oxygen atoms in total. The van der Waals surface area contributed by atoms with Crippen LogP contribution >= 0.6 is 39.0 Å². The van der Waals surface area contributed by atoms with Crippen LogP contribution in [-0.4, -0.2) is 43.3 Å². The number of methoxy groups -OCH3 is 1. The minimum atomic E-state index is -0.480. The summed E-state index contributed by atoms with van der Waals surface area (Å²) in [5.74, 6) is 0.516. The summed E-state index contributed by atoms with van der Waals surface area (Å²) in [6.07, 6.45) is 0. The number of benzene rings is 1. The number of rotatable bonds is 6. The number of nitrogens with zero attached hydrogens (tertiary/aromatic N) is 5. The molecule has 3 aromatic heterocycles. The number of hydrogen-bond acceptors (Lipinski definition) is 9. The van der Waals surface area contributed by atoms with E-state index < -0.39 is 5.97 Å². The molecule has 166 valence electrons. The fourth-order valence-electron chi connectivity index (χ4n) is 2.97. The van der Waals surface area contributed by atoms with Crippen molar-refractivity contribution in [2.75, 3.05) is 7.11 Å². The highest BCUT2D eigenvalue weighted by atomic mass is 79.9. The van der Waals surface area contributed by atoms with Crippen molar-refractivity contribution in [3.8, 4) is 27.8 Å². The lowest BCUT2D eigenvalue weighted by Crippen LogP contribution is -2.10. The number of carbonyl (C=O) groups excluding carboxylic acids is 1. The number of hydrogen-bond donors (Lipinski definition) is 0. The van der Waals surface area contributed by atoms with E-state index >= 15 is 0 Å². The number of aromatic nitrogens is 5. The molecule has 11 heteroatoms. The molecule has 32 heavy (non-hydrogen) atoms. The number of aryl methyl sites for hydroxylation is 2. The summed E-state index contributed by atoms with van der Waals surface area (Å²) >= 11 is 6.65. The molecule has 0 atom stereocenters. The SMILES string of the molecule is COC(=O)c1c(Br)c(C)nn1-c1nc(-c2ccc(-c3nnc(C)o3)cc2)c(SC(C)C)s1. The van der Waals surface area contributed by atoms with Crippen molar-refractivity contribution < 1.29 is 13.9 Å². The maximum atomic E-state index is 12.4. The third-order valence-corrected chi connectivity index (χ3v) is 7.60. The first kappa shape index (κ1) is 22.7. The molecule has 0 bridgehead atoms. The number of esters is 1. The fourth-order valence-corrected chi connectivity index (χ4v) is 5.85. The van der Waals surface area contributed by atoms with Gasteiger partial charge in [0.25, 0.3) is 0 Å². The van der Waals surface area contributed by atoms with Gasteiger partial charge in [-0.15, -0.1) is 22.0 Å². The van der Waals surface area contributed by atoms with Crippen LogP contribution in [0.25, 0.3) is 27.8 Å². The Hall–Kier alpha value is -2.50. The first-order valence-corrected chi connectivity index (χ1v) is 12.2.